The summed E-state index contributed by atoms with van der Waals surface area (Å²) in [4.78, 5) is 4.15. The highest BCUT2D eigenvalue weighted by atomic mass is 79.9. The summed E-state index contributed by atoms with van der Waals surface area (Å²) >= 11 is 3.31. The van der Waals surface area contributed by atoms with Crippen LogP contribution in [-0.2, 0) is 11.3 Å². The van der Waals surface area contributed by atoms with Crippen LogP contribution in [0.15, 0.2) is 16.7 Å². The Bertz CT molecular complexity index is 367. The molecular formula is C12H16BrNO3. The van der Waals surface area contributed by atoms with Gasteiger partial charge in [0.2, 0.25) is 5.88 Å². The molecule has 2 rings (SSSR count). The molecule has 0 aliphatic carbocycles. The summed E-state index contributed by atoms with van der Waals surface area (Å²) in [5.41, 5.74) is 0.690. The predicted octanol–water partition coefficient (Wildman–Crippen LogP) is 2.28. The fourth-order valence-corrected chi connectivity index (χ4v) is 2.20. The van der Waals surface area contributed by atoms with Gasteiger partial charge < -0.3 is 14.6 Å². The van der Waals surface area contributed by atoms with Gasteiger partial charge in [0.05, 0.1) is 12.7 Å². The summed E-state index contributed by atoms with van der Waals surface area (Å²) < 4.78 is 12.0. The molecule has 1 aromatic rings. The minimum atomic E-state index is -0.0761. The van der Waals surface area contributed by atoms with E-state index in [4.69, 9.17) is 9.47 Å². The molecule has 1 saturated heterocycles. The molecule has 94 valence electrons. The molecule has 1 aliphatic heterocycles. The van der Waals surface area contributed by atoms with Crippen LogP contribution < -0.4 is 4.74 Å². The second-order valence-electron chi connectivity index (χ2n) is 4.08. The average Bonchev–Trinajstić information content (AvgIpc) is 2.38. The first-order valence-corrected chi connectivity index (χ1v) is 6.58. The van der Waals surface area contributed by atoms with Crippen molar-refractivity contribution in [1.82, 2.24) is 4.98 Å². The molecule has 1 atom stereocenters. The van der Waals surface area contributed by atoms with Gasteiger partial charge in [-0.1, -0.05) is 0 Å². The molecule has 0 amide bonds. The first-order valence-electron chi connectivity index (χ1n) is 5.79. The zero-order valence-electron chi connectivity index (χ0n) is 9.56. The number of aromatic nitrogens is 1. The zero-order chi connectivity index (χ0) is 12.1. The van der Waals surface area contributed by atoms with E-state index < -0.39 is 0 Å². The third-order valence-electron chi connectivity index (χ3n) is 2.74. The highest BCUT2D eigenvalue weighted by molar-refractivity contribution is 9.10. The number of hydrogen-bond donors (Lipinski definition) is 1. The van der Waals surface area contributed by atoms with E-state index in [1.54, 1.807) is 6.20 Å². The van der Waals surface area contributed by atoms with Crippen molar-refractivity contribution in [2.45, 2.75) is 32.0 Å². The van der Waals surface area contributed by atoms with Crippen LogP contribution >= 0.6 is 15.9 Å². The first kappa shape index (κ1) is 12.8. The van der Waals surface area contributed by atoms with E-state index in [0.717, 1.165) is 23.9 Å². The number of rotatable bonds is 4. The molecule has 1 aliphatic rings. The maximum atomic E-state index is 9.21. The van der Waals surface area contributed by atoms with Crippen molar-refractivity contribution in [2.24, 2.45) is 0 Å². The molecule has 4 nitrogen and oxygen atoms in total. The van der Waals surface area contributed by atoms with Crippen LogP contribution in [0.4, 0.5) is 0 Å². The monoisotopic (exact) mass is 301 g/mol. The van der Waals surface area contributed by atoms with E-state index in [2.05, 4.69) is 20.9 Å². The lowest BCUT2D eigenvalue weighted by Gasteiger charge is -2.22. The zero-order valence-corrected chi connectivity index (χ0v) is 11.1. The van der Waals surface area contributed by atoms with Crippen molar-refractivity contribution < 1.29 is 14.6 Å². The number of aliphatic hydroxyl groups is 1. The largest absolute Gasteiger partial charge is 0.475 e. The molecule has 17 heavy (non-hydrogen) atoms. The summed E-state index contributed by atoms with van der Waals surface area (Å²) in [6, 6.07) is 1.81. The predicted molar refractivity (Wildman–Crippen MR) is 66.9 cm³/mol. The van der Waals surface area contributed by atoms with Crippen molar-refractivity contribution in [3.63, 3.8) is 0 Å². The fraction of sp³-hybridized carbons (Fsp3) is 0.583. The molecule has 1 N–H and O–H groups in total. The maximum Gasteiger partial charge on any atom is 0.219 e. The highest BCUT2D eigenvalue weighted by Gasteiger charge is 2.15. The Hall–Kier alpha value is -0.650. The lowest BCUT2D eigenvalue weighted by atomic mass is 10.1. The molecular weight excluding hydrogens is 286 g/mol. The Balaban J connectivity index is 1.93. The Labute approximate surface area is 109 Å². The van der Waals surface area contributed by atoms with Gasteiger partial charge in [0, 0.05) is 22.8 Å². The summed E-state index contributed by atoms with van der Waals surface area (Å²) in [5.74, 6) is 0.491. The average molecular weight is 302 g/mol. The van der Waals surface area contributed by atoms with Crippen LogP contribution in [0.3, 0.4) is 0 Å². The summed E-state index contributed by atoms with van der Waals surface area (Å²) in [6.07, 6.45) is 5.17. The molecule has 5 heteroatoms. The van der Waals surface area contributed by atoms with Crippen LogP contribution in [-0.4, -0.2) is 29.4 Å². The number of aliphatic hydroxyl groups excluding tert-OH is 1. The van der Waals surface area contributed by atoms with Gasteiger partial charge in [0.15, 0.2) is 0 Å². The minimum absolute atomic E-state index is 0.0761. The lowest BCUT2D eigenvalue weighted by molar-refractivity contribution is -0.0123. The second kappa shape index (κ2) is 6.33. The summed E-state index contributed by atoms with van der Waals surface area (Å²) in [7, 11) is 0. The van der Waals surface area contributed by atoms with Crippen molar-refractivity contribution in [3.8, 4) is 5.88 Å². The van der Waals surface area contributed by atoms with Gasteiger partial charge in [0.25, 0.3) is 0 Å². The molecule has 0 spiro atoms. The van der Waals surface area contributed by atoms with Gasteiger partial charge in [0.1, 0.15) is 6.61 Å². The molecule has 0 bridgehead atoms. The summed E-state index contributed by atoms with van der Waals surface area (Å²) in [5, 5.41) is 9.21. The van der Waals surface area contributed by atoms with Crippen molar-refractivity contribution in [1.29, 1.82) is 0 Å². The van der Waals surface area contributed by atoms with Gasteiger partial charge in [-0.3, -0.25) is 0 Å². The van der Waals surface area contributed by atoms with Gasteiger partial charge in [-0.2, -0.15) is 0 Å². The van der Waals surface area contributed by atoms with Crippen LogP contribution in [0.5, 0.6) is 5.88 Å². The number of halogens is 1. The van der Waals surface area contributed by atoms with E-state index in [0.29, 0.717) is 18.1 Å². The smallest absolute Gasteiger partial charge is 0.219 e. The Morgan fingerprint density at radius 1 is 1.53 bits per heavy atom. The highest BCUT2D eigenvalue weighted by Crippen LogP contribution is 2.21. The number of ether oxygens (including phenoxy) is 2. The van der Waals surface area contributed by atoms with Gasteiger partial charge >= 0.3 is 0 Å². The van der Waals surface area contributed by atoms with Crippen LogP contribution in [0.1, 0.15) is 24.8 Å². The van der Waals surface area contributed by atoms with Crippen molar-refractivity contribution in [3.05, 3.63) is 22.3 Å². The van der Waals surface area contributed by atoms with Crippen molar-refractivity contribution >= 4 is 15.9 Å². The topological polar surface area (TPSA) is 51.6 Å². The Morgan fingerprint density at radius 2 is 2.41 bits per heavy atom. The van der Waals surface area contributed by atoms with E-state index in [9.17, 15) is 5.11 Å². The third-order valence-corrected chi connectivity index (χ3v) is 3.18. The lowest BCUT2D eigenvalue weighted by Crippen LogP contribution is -2.26. The van der Waals surface area contributed by atoms with E-state index in [1.807, 2.05) is 6.07 Å². The molecule has 0 radical (unpaired) electrons. The quantitative estimate of drug-likeness (QED) is 0.927. The molecule has 0 aromatic carbocycles. The molecule has 1 aromatic heterocycles. The second-order valence-corrected chi connectivity index (χ2v) is 4.99. The summed E-state index contributed by atoms with van der Waals surface area (Å²) in [6.45, 7) is 1.24. The van der Waals surface area contributed by atoms with Gasteiger partial charge in [-0.25, -0.2) is 4.98 Å². The van der Waals surface area contributed by atoms with E-state index in [-0.39, 0.29) is 12.7 Å². The molecule has 1 unspecified atom stereocenters. The molecule has 1 fully saturated rings. The van der Waals surface area contributed by atoms with Crippen molar-refractivity contribution in [2.75, 3.05) is 13.2 Å². The normalized spacial score (nSPS) is 20.2. The minimum Gasteiger partial charge on any atom is -0.475 e. The number of hydrogen-bond acceptors (Lipinski definition) is 4. The maximum absolute atomic E-state index is 9.21. The molecule has 0 saturated carbocycles. The van der Waals surface area contributed by atoms with Gasteiger partial charge in [-0.05, 0) is 41.3 Å². The Kier molecular flexibility index (Phi) is 4.76. The van der Waals surface area contributed by atoms with Gasteiger partial charge in [-0.15, -0.1) is 0 Å². The van der Waals surface area contributed by atoms with E-state index in [1.165, 1.54) is 6.42 Å². The van der Waals surface area contributed by atoms with Crippen LogP contribution in [0.2, 0.25) is 0 Å². The SMILES string of the molecule is OCc1cc(Br)cnc1OCC1CCCCO1. The van der Waals surface area contributed by atoms with Crippen LogP contribution in [0, 0.1) is 0 Å². The fourth-order valence-electron chi connectivity index (χ4n) is 1.82. The number of nitrogens with zero attached hydrogens (tertiary/aromatic N) is 1. The first-order chi connectivity index (χ1) is 8.29. The van der Waals surface area contributed by atoms with E-state index >= 15 is 0 Å². The Morgan fingerprint density at radius 3 is 3.12 bits per heavy atom. The molecule has 2 heterocycles. The number of pyridine rings is 1. The van der Waals surface area contributed by atoms with Crippen LogP contribution in [0.25, 0.3) is 0 Å². The third kappa shape index (κ3) is 3.66. The standard InChI is InChI=1S/C12H16BrNO3/c13-10-5-9(7-15)12(14-6-10)17-8-11-3-1-2-4-16-11/h5-6,11,15H,1-4,7-8H2.